The molecule has 0 spiro atoms. The fraction of sp³-hybridized carbons (Fsp3) is 0.235. The third-order valence-electron chi connectivity index (χ3n) is 7.92. The molecule has 2 aliphatic rings. The van der Waals surface area contributed by atoms with Gasteiger partial charge in [0.05, 0.1) is 17.8 Å². The van der Waals surface area contributed by atoms with Gasteiger partial charge < -0.3 is 25.3 Å². The number of nitrogens with one attached hydrogen (secondary N) is 3. The highest BCUT2D eigenvalue weighted by atomic mass is 19.4. The van der Waals surface area contributed by atoms with Crippen LogP contribution in [-0.4, -0.2) is 57.9 Å². The van der Waals surface area contributed by atoms with E-state index in [4.69, 9.17) is 19.5 Å². The van der Waals surface area contributed by atoms with Crippen LogP contribution in [0.15, 0.2) is 90.1 Å². The van der Waals surface area contributed by atoms with Crippen molar-refractivity contribution >= 4 is 40.4 Å². The molecule has 4 aromatic rings. The van der Waals surface area contributed by atoms with Crippen LogP contribution in [-0.2, 0) is 26.6 Å². The zero-order valence-electron chi connectivity index (χ0n) is 26.1. The molecule has 12 nitrogen and oxygen atoms in total. The number of para-hydroxylation sites is 1. The summed E-state index contributed by atoms with van der Waals surface area (Å²) < 4.78 is 37.9. The number of carboxylic acid groups (broad SMARTS) is 1. The number of hydrogen-bond donors (Lipinski definition) is 4. The van der Waals surface area contributed by atoms with Crippen LogP contribution in [0.1, 0.15) is 40.5 Å². The molecule has 1 saturated heterocycles. The highest BCUT2D eigenvalue weighted by Crippen LogP contribution is 2.38. The predicted octanol–water partition coefficient (Wildman–Crippen LogP) is 4.76. The molecule has 0 aliphatic carbocycles. The average molecular weight is 678 g/mol. The quantitative estimate of drug-likeness (QED) is 0.194. The van der Waals surface area contributed by atoms with Crippen molar-refractivity contribution in [3.8, 4) is 5.75 Å². The van der Waals surface area contributed by atoms with Gasteiger partial charge in [-0.2, -0.15) is 13.2 Å². The Bertz CT molecular complexity index is 1940. The fourth-order valence-electron chi connectivity index (χ4n) is 5.29. The number of carbonyl (C=O) groups is 4. The van der Waals surface area contributed by atoms with Crippen molar-refractivity contribution in [1.29, 1.82) is 0 Å². The standard InChI is InChI=1S/C32H29N5O5.C2HF3O2/c1-20-16-22(25-10-6-7-11-26(25)34-20)18-41-24-14-12-23(13-15-24)32(19-33-28(38)21-8-4-3-5-9-21)17-27(37-42-32)31(2)29(39)35-30(40)36-31;3-2(4,5)1(6)7/h3-16H,17-19H2,1-2H3,(H,33,38)(H2,35,36,39,40);(H,6,7). The van der Waals surface area contributed by atoms with Gasteiger partial charge in [0.25, 0.3) is 11.8 Å². The fourth-order valence-corrected chi connectivity index (χ4v) is 5.29. The lowest BCUT2D eigenvalue weighted by atomic mass is 9.82. The third-order valence-corrected chi connectivity index (χ3v) is 7.92. The Balaban J connectivity index is 0.000000606. The number of ether oxygens (including phenoxy) is 1. The van der Waals surface area contributed by atoms with E-state index in [0.717, 1.165) is 27.7 Å². The van der Waals surface area contributed by atoms with Crippen molar-refractivity contribution in [2.45, 2.75) is 44.2 Å². The molecule has 0 saturated carbocycles. The molecule has 254 valence electrons. The number of hydrogen-bond acceptors (Lipinski definition) is 8. The highest BCUT2D eigenvalue weighted by Gasteiger charge is 2.53. The van der Waals surface area contributed by atoms with E-state index in [1.807, 2.05) is 67.6 Å². The van der Waals surface area contributed by atoms with Gasteiger partial charge in [-0.1, -0.05) is 53.7 Å². The topological polar surface area (TPSA) is 168 Å². The van der Waals surface area contributed by atoms with E-state index in [0.29, 0.717) is 23.6 Å². The summed E-state index contributed by atoms with van der Waals surface area (Å²) in [7, 11) is 0. The Morgan fingerprint density at radius 1 is 1.02 bits per heavy atom. The number of imide groups is 1. The van der Waals surface area contributed by atoms with Gasteiger partial charge in [0.2, 0.25) is 0 Å². The zero-order valence-corrected chi connectivity index (χ0v) is 26.1. The SMILES string of the molecule is Cc1cc(COc2ccc(C3(CNC(=O)c4ccccc4)CC(C4(C)NC(=O)NC4=O)=NO3)cc2)c2ccccc2n1.O=C(O)C(F)(F)F. The molecule has 2 unspecified atom stereocenters. The number of aryl methyl sites for hydroxylation is 1. The van der Waals surface area contributed by atoms with Crippen molar-refractivity contribution in [3.63, 3.8) is 0 Å². The number of urea groups is 1. The number of aliphatic carboxylic acids is 1. The molecule has 4 N–H and O–H groups in total. The normalized spacial score (nSPS) is 19.9. The van der Waals surface area contributed by atoms with Gasteiger partial charge in [-0.25, -0.2) is 9.59 Å². The monoisotopic (exact) mass is 677 g/mol. The lowest BCUT2D eigenvalue weighted by molar-refractivity contribution is -0.192. The Labute approximate surface area is 277 Å². The summed E-state index contributed by atoms with van der Waals surface area (Å²) in [6.07, 6.45) is -4.92. The first-order valence-electron chi connectivity index (χ1n) is 14.8. The van der Waals surface area contributed by atoms with Crippen LogP contribution in [0.3, 0.4) is 0 Å². The molecule has 3 heterocycles. The van der Waals surface area contributed by atoms with Crippen LogP contribution in [0.4, 0.5) is 18.0 Å². The number of fused-ring (bicyclic) bond motifs is 1. The Morgan fingerprint density at radius 3 is 2.31 bits per heavy atom. The molecule has 4 amide bonds. The number of alkyl halides is 3. The third kappa shape index (κ3) is 7.61. The largest absolute Gasteiger partial charge is 0.490 e. The molecule has 6 rings (SSSR count). The lowest BCUT2D eigenvalue weighted by Crippen LogP contribution is -2.52. The van der Waals surface area contributed by atoms with Gasteiger partial charge in [-0.3, -0.25) is 19.9 Å². The van der Waals surface area contributed by atoms with Crippen molar-refractivity contribution in [2.24, 2.45) is 5.16 Å². The molecule has 15 heteroatoms. The molecule has 3 aromatic carbocycles. The summed E-state index contributed by atoms with van der Waals surface area (Å²) in [5.74, 6) is -2.90. The minimum Gasteiger partial charge on any atom is -0.489 e. The van der Waals surface area contributed by atoms with E-state index in [1.165, 1.54) is 0 Å². The zero-order chi connectivity index (χ0) is 35.4. The Morgan fingerprint density at radius 2 is 1.67 bits per heavy atom. The second-order valence-electron chi connectivity index (χ2n) is 11.4. The minimum atomic E-state index is -5.08. The first kappa shape index (κ1) is 34.3. The maximum Gasteiger partial charge on any atom is 0.490 e. The van der Waals surface area contributed by atoms with E-state index < -0.39 is 35.2 Å². The van der Waals surface area contributed by atoms with E-state index in [1.54, 1.807) is 31.2 Å². The molecule has 0 radical (unpaired) electrons. The van der Waals surface area contributed by atoms with Gasteiger partial charge in [0, 0.05) is 34.2 Å². The summed E-state index contributed by atoms with van der Waals surface area (Å²) in [6.45, 7) is 3.97. The van der Waals surface area contributed by atoms with Crippen LogP contribution < -0.4 is 20.7 Å². The minimum absolute atomic E-state index is 0.0713. The molecular weight excluding hydrogens is 647 g/mol. The van der Waals surface area contributed by atoms with Crippen LogP contribution in [0.5, 0.6) is 5.75 Å². The second-order valence-corrected chi connectivity index (χ2v) is 11.4. The van der Waals surface area contributed by atoms with Crippen LogP contribution >= 0.6 is 0 Å². The highest BCUT2D eigenvalue weighted by molar-refractivity contribution is 6.22. The van der Waals surface area contributed by atoms with Crippen LogP contribution in [0.25, 0.3) is 10.9 Å². The molecule has 0 bridgehead atoms. The average Bonchev–Trinajstić information content (AvgIpc) is 3.63. The van der Waals surface area contributed by atoms with E-state index >= 15 is 0 Å². The van der Waals surface area contributed by atoms with Crippen molar-refractivity contribution < 1.29 is 47.0 Å². The van der Waals surface area contributed by atoms with Gasteiger partial charge in [0.15, 0.2) is 11.1 Å². The van der Waals surface area contributed by atoms with E-state index in [-0.39, 0.29) is 18.9 Å². The number of pyridine rings is 1. The van der Waals surface area contributed by atoms with Crippen molar-refractivity contribution in [3.05, 3.63) is 107 Å². The van der Waals surface area contributed by atoms with Crippen molar-refractivity contribution in [2.75, 3.05) is 6.54 Å². The first-order valence-corrected chi connectivity index (χ1v) is 14.8. The summed E-state index contributed by atoms with van der Waals surface area (Å²) >= 11 is 0. The molecule has 1 fully saturated rings. The summed E-state index contributed by atoms with van der Waals surface area (Å²) in [5.41, 5.74) is 1.96. The number of carboxylic acids is 1. The summed E-state index contributed by atoms with van der Waals surface area (Å²) in [5, 5.41) is 20.2. The smallest absolute Gasteiger partial charge is 0.489 e. The molecule has 2 aliphatic heterocycles. The van der Waals surface area contributed by atoms with Gasteiger partial charge in [-0.15, -0.1) is 0 Å². The lowest BCUT2D eigenvalue weighted by Gasteiger charge is -2.29. The molecule has 49 heavy (non-hydrogen) atoms. The number of oxime groups is 1. The van der Waals surface area contributed by atoms with E-state index in [2.05, 4.69) is 26.1 Å². The molecule has 2 atom stereocenters. The number of rotatable bonds is 8. The molecule has 1 aromatic heterocycles. The number of benzene rings is 3. The van der Waals surface area contributed by atoms with Crippen LogP contribution in [0, 0.1) is 6.92 Å². The second kappa shape index (κ2) is 13.6. The van der Waals surface area contributed by atoms with Crippen molar-refractivity contribution in [1.82, 2.24) is 20.9 Å². The maximum atomic E-state index is 12.9. The summed E-state index contributed by atoms with van der Waals surface area (Å²) in [4.78, 5) is 56.9. The Kier molecular flexibility index (Phi) is 9.55. The Hall–Kier alpha value is -5.99. The number of halogens is 3. The van der Waals surface area contributed by atoms with Gasteiger partial charge in [0.1, 0.15) is 12.4 Å². The van der Waals surface area contributed by atoms with Crippen LogP contribution in [0.2, 0.25) is 0 Å². The first-order chi connectivity index (χ1) is 23.2. The number of carbonyl (C=O) groups excluding carboxylic acids is 3. The number of amides is 4. The maximum absolute atomic E-state index is 12.9. The van der Waals surface area contributed by atoms with E-state index in [9.17, 15) is 27.6 Å². The van der Waals surface area contributed by atoms with Gasteiger partial charge >= 0.3 is 18.2 Å². The van der Waals surface area contributed by atoms with Gasteiger partial charge in [-0.05, 0) is 50.2 Å². The molecular formula is C34H30F3N5O7. The number of nitrogens with zero attached hydrogens (tertiary/aromatic N) is 2. The predicted molar refractivity (Wildman–Crippen MR) is 170 cm³/mol. The summed E-state index contributed by atoms with van der Waals surface area (Å²) in [6, 6.07) is 25.6. The number of aromatic nitrogens is 1.